The Morgan fingerprint density at radius 1 is 0.660 bits per heavy atom. The van der Waals surface area contributed by atoms with Crippen LogP contribution in [0.5, 0.6) is 11.5 Å². The van der Waals surface area contributed by atoms with E-state index in [1.807, 2.05) is 0 Å². The molecule has 2 aliphatic rings. The molecule has 0 amide bonds. The van der Waals surface area contributed by atoms with Crippen LogP contribution in [-0.4, -0.2) is 37.9 Å². The standard InChI is InChI=1S/C41H56O6/c1-4-8-32-12-16-34(17-13-32)10-6-28-44-38-24-20-36(21-25-38)40(42)46-30-31(3)47-41(43)37-22-26-39(27-23-37)45-29-7-11-35-18-14-33(9-5-2)15-19-35/h6-7,10-11,20-27,31-35H,4-5,8-9,12-19,28-30H2,1-3H3/b10-6+,11-7+/t31-,32-,33-,34-,35-/m1/s1. The number of esters is 2. The van der Waals surface area contributed by atoms with Gasteiger partial charge in [0, 0.05) is 0 Å². The molecular formula is C41H56O6. The number of rotatable bonds is 17. The summed E-state index contributed by atoms with van der Waals surface area (Å²) < 4.78 is 22.6. The van der Waals surface area contributed by atoms with Gasteiger partial charge in [-0.25, -0.2) is 9.59 Å². The zero-order valence-electron chi connectivity index (χ0n) is 28.9. The summed E-state index contributed by atoms with van der Waals surface area (Å²) in [5.74, 6) is 3.60. The molecule has 6 nitrogen and oxygen atoms in total. The lowest BCUT2D eigenvalue weighted by Gasteiger charge is -2.26. The minimum Gasteiger partial charge on any atom is -0.490 e. The lowest BCUT2D eigenvalue weighted by Crippen LogP contribution is -2.22. The highest BCUT2D eigenvalue weighted by Crippen LogP contribution is 2.33. The van der Waals surface area contributed by atoms with Crippen LogP contribution in [0.15, 0.2) is 72.8 Å². The maximum atomic E-state index is 12.6. The molecule has 0 aliphatic heterocycles. The molecule has 0 unspecified atom stereocenters. The Bertz CT molecular complexity index is 1250. The zero-order chi connectivity index (χ0) is 33.3. The Morgan fingerprint density at radius 2 is 1.09 bits per heavy atom. The van der Waals surface area contributed by atoms with Crippen molar-refractivity contribution in [3.05, 3.63) is 84.0 Å². The van der Waals surface area contributed by atoms with E-state index in [0.29, 0.717) is 47.7 Å². The van der Waals surface area contributed by atoms with Gasteiger partial charge in [-0.3, -0.25) is 0 Å². The van der Waals surface area contributed by atoms with Gasteiger partial charge in [0.2, 0.25) is 0 Å². The van der Waals surface area contributed by atoms with Crippen molar-refractivity contribution in [2.24, 2.45) is 23.7 Å². The molecule has 2 fully saturated rings. The van der Waals surface area contributed by atoms with Gasteiger partial charge in [-0.15, -0.1) is 0 Å². The predicted octanol–water partition coefficient (Wildman–Crippen LogP) is 10.2. The number of ether oxygens (including phenoxy) is 4. The fourth-order valence-corrected chi connectivity index (χ4v) is 6.88. The first-order valence-electron chi connectivity index (χ1n) is 18.1. The van der Waals surface area contributed by atoms with E-state index in [1.54, 1.807) is 55.5 Å². The van der Waals surface area contributed by atoms with Crippen LogP contribution in [0, 0.1) is 23.7 Å². The molecule has 1 atom stereocenters. The van der Waals surface area contributed by atoms with Crippen molar-refractivity contribution in [1.29, 1.82) is 0 Å². The zero-order valence-corrected chi connectivity index (χ0v) is 28.9. The highest BCUT2D eigenvalue weighted by molar-refractivity contribution is 5.90. The van der Waals surface area contributed by atoms with Gasteiger partial charge in [0.25, 0.3) is 0 Å². The van der Waals surface area contributed by atoms with Gasteiger partial charge >= 0.3 is 11.9 Å². The van der Waals surface area contributed by atoms with E-state index in [2.05, 4.69) is 38.2 Å². The second kappa shape index (κ2) is 20.0. The quantitative estimate of drug-likeness (QED) is 0.126. The van der Waals surface area contributed by atoms with Crippen LogP contribution < -0.4 is 9.47 Å². The van der Waals surface area contributed by atoms with Crippen LogP contribution in [-0.2, 0) is 9.47 Å². The van der Waals surface area contributed by atoms with Crippen molar-refractivity contribution in [2.45, 2.75) is 104 Å². The van der Waals surface area contributed by atoms with Crippen LogP contribution in [0.4, 0.5) is 0 Å². The molecule has 2 saturated carbocycles. The Kier molecular flexibility index (Phi) is 15.4. The van der Waals surface area contributed by atoms with Crippen molar-refractivity contribution >= 4 is 11.9 Å². The average Bonchev–Trinajstić information content (AvgIpc) is 3.09. The third-order valence-corrected chi connectivity index (χ3v) is 9.62. The van der Waals surface area contributed by atoms with Gasteiger partial charge in [0.15, 0.2) is 0 Å². The molecule has 2 aromatic carbocycles. The first kappa shape index (κ1) is 36.3. The molecule has 0 saturated heterocycles. The second-order valence-corrected chi connectivity index (χ2v) is 13.5. The summed E-state index contributed by atoms with van der Waals surface area (Å²) in [6.07, 6.45) is 24.0. The minimum atomic E-state index is -0.597. The summed E-state index contributed by atoms with van der Waals surface area (Å²) in [6, 6.07) is 13.8. The van der Waals surface area contributed by atoms with Crippen LogP contribution in [0.1, 0.15) is 119 Å². The average molecular weight is 645 g/mol. The SMILES string of the molecule is CCC[C@H]1CC[C@H](/C=C/COc2ccc(C(=O)OC[C@@H](C)OC(=O)c3ccc(OC/C=C/[C@H]4CC[C@H](CCC)CC4)cc3)cc2)CC1. The molecule has 256 valence electrons. The highest BCUT2D eigenvalue weighted by Gasteiger charge is 2.20. The first-order valence-corrected chi connectivity index (χ1v) is 18.1. The van der Waals surface area contributed by atoms with Crippen molar-refractivity contribution in [2.75, 3.05) is 19.8 Å². The van der Waals surface area contributed by atoms with Gasteiger partial charge in [-0.2, -0.15) is 0 Å². The molecule has 0 spiro atoms. The molecule has 0 radical (unpaired) electrons. The fraction of sp³-hybridized carbons (Fsp3) is 0.561. The van der Waals surface area contributed by atoms with Crippen LogP contribution >= 0.6 is 0 Å². The van der Waals surface area contributed by atoms with Gasteiger partial charge in [-0.05, 0) is 130 Å². The highest BCUT2D eigenvalue weighted by atomic mass is 16.6. The van der Waals surface area contributed by atoms with Crippen LogP contribution in [0.3, 0.4) is 0 Å². The van der Waals surface area contributed by atoms with Crippen molar-refractivity contribution in [3.8, 4) is 11.5 Å². The summed E-state index contributed by atoms with van der Waals surface area (Å²) >= 11 is 0. The molecule has 0 aromatic heterocycles. The second-order valence-electron chi connectivity index (χ2n) is 13.5. The Morgan fingerprint density at radius 3 is 1.51 bits per heavy atom. The number of allylic oxidation sites excluding steroid dienone is 2. The normalized spacial score (nSPS) is 22.2. The Balaban J connectivity index is 1.09. The van der Waals surface area contributed by atoms with E-state index in [0.717, 1.165) is 11.8 Å². The maximum Gasteiger partial charge on any atom is 0.338 e. The number of carbonyl (C=O) groups excluding carboxylic acids is 2. The summed E-state index contributed by atoms with van der Waals surface area (Å²) in [5, 5.41) is 0. The summed E-state index contributed by atoms with van der Waals surface area (Å²) in [4.78, 5) is 25.2. The first-order chi connectivity index (χ1) is 22.9. The van der Waals surface area contributed by atoms with Gasteiger partial charge in [0.05, 0.1) is 11.1 Å². The topological polar surface area (TPSA) is 71.1 Å². The van der Waals surface area contributed by atoms with E-state index in [-0.39, 0.29) is 6.61 Å². The third-order valence-electron chi connectivity index (χ3n) is 9.62. The van der Waals surface area contributed by atoms with E-state index in [1.165, 1.54) is 77.0 Å². The molecule has 2 aliphatic carbocycles. The molecule has 0 heterocycles. The lowest BCUT2D eigenvalue weighted by molar-refractivity contribution is 0.00447. The number of carbonyl (C=O) groups is 2. The van der Waals surface area contributed by atoms with Crippen molar-refractivity contribution in [1.82, 2.24) is 0 Å². The minimum absolute atomic E-state index is 0.0399. The van der Waals surface area contributed by atoms with Crippen molar-refractivity contribution < 1.29 is 28.5 Å². The van der Waals surface area contributed by atoms with Crippen molar-refractivity contribution in [3.63, 3.8) is 0 Å². The molecule has 6 heteroatoms. The van der Waals surface area contributed by atoms with E-state index in [9.17, 15) is 9.59 Å². The molecule has 47 heavy (non-hydrogen) atoms. The lowest BCUT2D eigenvalue weighted by atomic mass is 9.80. The molecule has 4 rings (SSSR count). The van der Waals surface area contributed by atoms with Crippen LogP contribution in [0.2, 0.25) is 0 Å². The Labute approximate surface area is 282 Å². The smallest absolute Gasteiger partial charge is 0.338 e. The van der Waals surface area contributed by atoms with E-state index in [4.69, 9.17) is 18.9 Å². The molecular weight excluding hydrogens is 588 g/mol. The summed E-state index contributed by atoms with van der Waals surface area (Å²) in [6.45, 7) is 7.22. The predicted molar refractivity (Wildman–Crippen MR) is 188 cm³/mol. The van der Waals surface area contributed by atoms with Gasteiger partial charge < -0.3 is 18.9 Å². The largest absolute Gasteiger partial charge is 0.490 e. The molecule has 0 bridgehead atoms. The monoisotopic (exact) mass is 644 g/mol. The third kappa shape index (κ3) is 12.9. The fourth-order valence-electron chi connectivity index (χ4n) is 6.88. The van der Waals surface area contributed by atoms with Gasteiger partial charge in [-0.1, -0.05) is 63.8 Å². The maximum absolute atomic E-state index is 12.6. The Hall–Kier alpha value is -3.54. The molecule has 0 N–H and O–H groups in total. The van der Waals surface area contributed by atoms with E-state index >= 15 is 0 Å². The number of hydrogen-bond acceptors (Lipinski definition) is 6. The van der Waals surface area contributed by atoms with Crippen LogP contribution in [0.25, 0.3) is 0 Å². The summed E-state index contributed by atoms with van der Waals surface area (Å²) in [7, 11) is 0. The molecule has 2 aromatic rings. The van der Waals surface area contributed by atoms with Gasteiger partial charge in [0.1, 0.15) is 37.4 Å². The van der Waals surface area contributed by atoms with E-state index < -0.39 is 18.0 Å². The summed E-state index contributed by atoms with van der Waals surface area (Å²) in [5.41, 5.74) is 0.833. The number of hydrogen-bond donors (Lipinski definition) is 0. The number of benzene rings is 2.